The predicted octanol–water partition coefficient (Wildman–Crippen LogP) is 3.71. The van der Waals surface area contributed by atoms with Crippen LogP contribution in [-0.4, -0.2) is 26.0 Å². The third-order valence-corrected chi connectivity index (χ3v) is 7.37. The minimum Gasteiger partial charge on any atom is -0.870 e. The van der Waals surface area contributed by atoms with Crippen molar-refractivity contribution in [2.24, 2.45) is 10.2 Å². The van der Waals surface area contributed by atoms with Crippen LogP contribution in [0.3, 0.4) is 0 Å². The van der Waals surface area contributed by atoms with Crippen LogP contribution in [0.15, 0.2) is 75.8 Å². The number of hydrogen-bond donors (Lipinski definition) is 2. The maximum Gasteiger partial charge on any atom is 1.00 e. The van der Waals surface area contributed by atoms with E-state index in [0.717, 1.165) is 0 Å². The molecule has 196 valence electrons. The number of benzene rings is 4. The van der Waals surface area contributed by atoms with Crippen LogP contribution in [0.2, 0.25) is 10.0 Å². The van der Waals surface area contributed by atoms with Crippen LogP contribution in [0, 0.1) is 0 Å². The molecule has 1 amide bonds. The van der Waals surface area contributed by atoms with Gasteiger partial charge in [0.1, 0.15) is 16.3 Å². The normalized spacial score (nSPS) is 11.4. The predicted molar refractivity (Wildman–Crippen MR) is 144 cm³/mol. The summed E-state index contributed by atoms with van der Waals surface area (Å²) in [5, 5.41) is 25.0. The van der Waals surface area contributed by atoms with Crippen molar-refractivity contribution in [3.63, 3.8) is 0 Å². The van der Waals surface area contributed by atoms with Crippen LogP contribution < -0.4 is 44.7 Å². The number of carbonyl (C=O) groups excluding carboxylic acids is 1. The van der Waals surface area contributed by atoms with E-state index in [1.165, 1.54) is 31.4 Å². The van der Waals surface area contributed by atoms with Crippen molar-refractivity contribution in [3.05, 3.63) is 81.8 Å². The Morgan fingerprint density at radius 2 is 1.79 bits per heavy atom. The van der Waals surface area contributed by atoms with Gasteiger partial charge in [-0.3, -0.25) is 9.35 Å². The van der Waals surface area contributed by atoms with E-state index in [4.69, 9.17) is 27.9 Å². The van der Waals surface area contributed by atoms with E-state index < -0.39 is 26.7 Å². The Kier molecular flexibility index (Phi) is 10.0. The van der Waals surface area contributed by atoms with Gasteiger partial charge in [0.2, 0.25) is 0 Å². The van der Waals surface area contributed by atoms with Crippen LogP contribution in [0.1, 0.15) is 22.8 Å². The van der Waals surface area contributed by atoms with Gasteiger partial charge >= 0.3 is 29.6 Å². The fraction of sp³-hybridized carbons (Fsp3) is 0.115. The second kappa shape index (κ2) is 12.6. The zero-order valence-corrected chi connectivity index (χ0v) is 25.4. The molecule has 0 heterocycles. The largest absolute Gasteiger partial charge is 1.00 e. The van der Waals surface area contributed by atoms with E-state index in [0.29, 0.717) is 28.5 Å². The second-order valence-corrected chi connectivity index (χ2v) is 10.3. The van der Waals surface area contributed by atoms with E-state index >= 15 is 0 Å². The first-order valence-corrected chi connectivity index (χ1v) is 13.3. The molecule has 0 aliphatic carbocycles. The number of azo groups is 1. The van der Waals surface area contributed by atoms with Crippen molar-refractivity contribution in [3.8, 4) is 11.5 Å². The molecule has 39 heavy (non-hydrogen) atoms. The van der Waals surface area contributed by atoms with Crippen LogP contribution in [-0.2, 0) is 16.5 Å². The molecule has 0 bridgehead atoms. The quantitative estimate of drug-likeness (QED) is 0.189. The standard InChI is InChI=1S/C26H21Cl2N3O6S.Na/c1-3-14-10-21(23(28)22(11-14)38(34,35)36)30-31-24-17-7-5-4-6-15(17)12-18(25(24)32)26(33)29-20-9-8-16(37-2)13-19(20)27;/h4-13,32H,3H2,1-2H3,(H,29,33)(H,34,35,36);/q;+1/p-1. The van der Waals surface area contributed by atoms with Gasteiger partial charge in [-0.1, -0.05) is 60.1 Å². The van der Waals surface area contributed by atoms with Gasteiger partial charge in [0.15, 0.2) is 0 Å². The Bertz CT molecular complexity index is 1710. The molecule has 0 aliphatic heterocycles. The van der Waals surface area contributed by atoms with E-state index in [2.05, 4.69) is 15.5 Å². The maximum atomic E-state index is 13.4. The molecule has 2 N–H and O–H groups in total. The number of nitrogens with zero attached hydrogens (tertiary/aromatic N) is 2. The van der Waals surface area contributed by atoms with E-state index in [-0.39, 0.29) is 62.2 Å². The Balaban J connectivity index is 0.00000420. The molecule has 0 unspecified atom stereocenters. The van der Waals surface area contributed by atoms with Crippen molar-refractivity contribution >= 4 is 67.1 Å². The van der Waals surface area contributed by atoms with E-state index in [9.17, 15) is 22.9 Å². The van der Waals surface area contributed by atoms with Crippen molar-refractivity contribution in [1.29, 1.82) is 0 Å². The number of halogens is 2. The minimum atomic E-state index is -4.64. The maximum absolute atomic E-state index is 13.4. The summed E-state index contributed by atoms with van der Waals surface area (Å²) in [5.74, 6) is -0.940. The number of fused-ring (bicyclic) bond motifs is 1. The van der Waals surface area contributed by atoms with Crippen molar-refractivity contribution in [1.82, 2.24) is 0 Å². The Labute approximate surface area is 256 Å². The molecule has 0 saturated carbocycles. The van der Waals surface area contributed by atoms with E-state index in [1.807, 2.05) is 0 Å². The van der Waals surface area contributed by atoms with Gasteiger partial charge in [0.25, 0.3) is 16.0 Å². The van der Waals surface area contributed by atoms with Gasteiger partial charge in [0, 0.05) is 17.0 Å². The monoisotopic (exact) mass is 595 g/mol. The number of carbonyl (C=O) groups is 1. The number of hydrogen-bond acceptors (Lipinski definition) is 7. The van der Waals surface area contributed by atoms with Gasteiger partial charge in [-0.2, -0.15) is 13.5 Å². The summed E-state index contributed by atoms with van der Waals surface area (Å²) in [6.45, 7) is 1.78. The van der Waals surface area contributed by atoms with Gasteiger partial charge in [-0.25, -0.2) is 0 Å². The number of anilines is 1. The van der Waals surface area contributed by atoms with Crippen molar-refractivity contribution in [2.45, 2.75) is 18.2 Å². The molecule has 4 aromatic rings. The number of nitrogens with one attached hydrogen (secondary N) is 1. The molecule has 0 aliphatic rings. The number of amides is 1. The number of ether oxygens (including phenoxy) is 1. The van der Waals surface area contributed by atoms with Crippen LogP contribution in [0.4, 0.5) is 17.1 Å². The second-order valence-electron chi connectivity index (χ2n) is 8.08. The molecule has 0 aromatic heterocycles. The summed E-state index contributed by atoms with van der Waals surface area (Å²) < 4.78 is 38.3. The Morgan fingerprint density at radius 1 is 1.08 bits per heavy atom. The summed E-state index contributed by atoms with van der Waals surface area (Å²) >= 11 is 12.4. The SMILES string of the molecule is CCc1cc(N=Nc2c([O-])c(C(=O)Nc3ccc(OC)cc3Cl)cc3ccccc23)c(Cl)c(S(=O)(=O)O)c1.[Na+]. The molecule has 0 saturated heterocycles. The number of aryl methyl sites for hydroxylation is 1. The summed E-state index contributed by atoms with van der Waals surface area (Å²) in [6, 6.07) is 15.6. The first kappa shape index (κ1) is 30.8. The van der Waals surface area contributed by atoms with Crippen LogP contribution in [0.25, 0.3) is 10.8 Å². The molecule has 4 aromatic carbocycles. The fourth-order valence-electron chi connectivity index (χ4n) is 3.70. The van der Waals surface area contributed by atoms with Crippen LogP contribution in [0.5, 0.6) is 11.5 Å². The fourth-order valence-corrected chi connectivity index (χ4v) is 4.99. The van der Waals surface area contributed by atoms with Gasteiger partial charge in [-0.05, 0) is 47.7 Å². The first-order valence-electron chi connectivity index (χ1n) is 11.1. The minimum absolute atomic E-state index is 0. The first-order chi connectivity index (χ1) is 18.0. The van der Waals surface area contributed by atoms with Crippen molar-refractivity contribution < 1.29 is 57.2 Å². The van der Waals surface area contributed by atoms with Gasteiger partial charge < -0.3 is 15.2 Å². The smallest absolute Gasteiger partial charge is 0.870 e. The zero-order chi connectivity index (χ0) is 27.6. The third-order valence-electron chi connectivity index (χ3n) is 5.67. The van der Waals surface area contributed by atoms with Gasteiger partial charge in [0.05, 0.1) is 28.5 Å². The molecule has 13 heteroatoms. The average Bonchev–Trinajstić information content (AvgIpc) is 2.88. The molecular formula is C26H20Cl2N3NaO6S. The van der Waals surface area contributed by atoms with Gasteiger partial charge in [-0.15, -0.1) is 5.11 Å². The molecule has 0 spiro atoms. The molecule has 9 nitrogen and oxygen atoms in total. The number of rotatable bonds is 7. The van der Waals surface area contributed by atoms with Crippen LogP contribution >= 0.6 is 23.2 Å². The molecule has 0 radical (unpaired) electrons. The average molecular weight is 596 g/mol. The summed E-state index contributed by atoms with van der Waals surface area (Å²) in [7, 11) is -3.16. The Morgan fingerprint density at radius 3 is 2.44 bits per heavy atom. The Hall–Kier alpha value is -2.70. The topological polar surface area (TPSA) is 140 Å². The number of methoxy groups -OCH3 is 1. The molecule has 0 fully saturated rings. The van der Waals surface area contributed by atoms with Crippen molar-refractivity contribution in [2.75, 3.05) is 12.4 Å². The molecule has 0 atom stereocenters. The summed E-state index contributed by atoms with van der Waals surface area (Å²) in [4.78, 5) is 12.6. The van der Waals surface area contributed by atoms with E-state index in [1.54, 1.807) is 43.3 Å². The molecular weight excluding hydrogens is 576 g/mol. The third kappa shape index (κ3) is 6.72. The molecule has 4 rings (SSSR count). The zero-order valence-electron chi connectivity index (χ0n) is 21.0. The summed E-state index contributed by atoms with van der Waals surface area (Å²) in [5.41, 5.74) is 0.362. The summed E-state index contributed by atoms with van der Waals surface area (Å²) in [6.07, 6.45) is 0.418.